The summed E-state index contributed by atoms with van der Waals surface area (Å²) in [5, 5.41) is 0. The number of alkyl halides is 1. The van der Waals surface area contributed by atoms with Crippen LogP contribution in [-0.4, -0.2) is 34.4 Å². The third-order valence-corrected chi connectivity index (χ3v) is 3.58. The van der Waals surface area contributed by atoms with Crippen molar-refractivity contribution in [1.82, 2.24) is 4.90 Å². The molecule has 1 rings (SSSR count). The molecule has 3 nitrogen and oxygen atoms in total. The fourth-order valence-electron chi connectivity index (χ4n) is 1.51. The minimum absolute atomic E-state index is 0.150. The maximum Gasteiger partial charge on any atom is 0.219 e. The highest BCUT2D eigenvalue weighted by Gasteiger charge is 2.26. The first-order chi connectivity index (χ1) is 5.65. The zero-order valence-electron chi connectivity index (χ0n) is 7.29. The Morgan fingerprint density at radius 2 is 2.42 bits per heavy atom. The molecule has 1 aliphatic rings. The lowest BCUT2D eigenvalue weighted by atomic mass is 9.94. The zero-order chi connectivity index (χ0) is 9.14. The van der Waals surface area contributed by atoms with Crippen LogP contribution in [0, 0.1) is 5.92 Å². The molecule has 2 atom stereocenters. The molecule has 0 aromatic carbocycles. The number of hydrogen-bond acceptors (Lipinski definition) is 2. The summed E-state index contributed by atoms with van der Waals surface area (Å²) in [7, 11) is 0. The van der Waals surface area contributed by atoms with Crippen molar-refractivity contribution in [2.45, 2.75) is 19.4 Å². The van der Waals surface area contributed by atoms with Crippen LogP contribution in [0.3, 0.4) is 0 Å². The number of piperidine rings is 1. The SMILES string of the molecule is CC(=O)N1CCC(CI)C(N)C1. The summed E-state index contributed by atoms with van der Waals surface area (Å²) < 4.78 is 1.10. The highest BCUT2D eigenvalue weighted by Crippen LogP contribution is 2.18. The predicted molar refractivity (Wildman–Crippen MR) is 57.2 cm³/mol. The van der Waals surface area contributed by atoms with Crippen molar-refractivity contribution in [3.05, 3.63) is 0 Å². The first-order valence-electron chi connectivity index (χ1n) is 4.22. The van der Waals surface area contributed by atoms with Gasteiger partial charge in [0.15, 0.2) is 0 Å². The van der Waals surface area contributed by atoms with Gasteiger partial charge in [-0.15, -0.1) is 0 Å². The van der Waals surface area contributed by atoms with E-state index in [9.17, 15) is 4.79 Å². The largest absolute Gasteiger partial charge is 0.341 e. The second-order valence-electron chi connectivity index (χ2n) is 3.33. The number of carbonyl (C=O) groups is 1. The molecule has 0 saturated carbocycles. The molecule has 0 aliphatic carbocycles. The van der Waals surface area contributed by atoms with Gasteiger partial charge in [-0.3, -0.25) is 4.79 Å². The smallest absolute Gasteiger partial charge is 0.219 e. The van der Waals surface area contributed by atoms with Crippen LogP contribution in [0.25, 0.3) is 0 Å². The number of nitrogens with zero attached hydrogens (tertiary/aromatic N) is 1. The lowest BCUT2D eigenvalue weighted by Gasteiger charge is -2.35. The third kappa shape index (κ3) is 2.32. The van der Waals surface area contributed by atoms with Gasteiger partial charge in [-0.05, 0) is 12.3 Å². The van der Waals surface area contributed by atoms with E-state index in [2.05, 4.69) is 22.6 Å². The van der Waals surface area contributed by atoms with Gasteiger partial charge in [-0.2, -0.15) is 0 Å². The van der Waals surface area contributed by atoms with Gasteiger partial charge in [0.05, 0.1) is 0 Å². The number of nitrogens with two attached hydrogens (primary N) is 1. The molecule has 4 heteroatoms. The molecule has 1 fully saturated rings. The molecule has 1 amide bonds. The van der Waals surface area contributed by atoms with Gasteiger partial charge in [0.1, 0.15) is 0 Å². The van der Waals surface area contributed by atoms with Crippen molar-refractivity contribution in [1.29, 1.82) is 0 Å². The van der Waals surface area contributed by atoms with Crippen molar-refractivity contribution in [3.8, 4) is 0 Å². The summed E-state index contributed by atoms with van der Waals surface area (Å²) in [6.07, 6.45) is 1.06. The summed E-state index contributed by atoms with van der Waals surface area (Å²) in [4.78, 5) is 12.8. The molecule has 1 aliphatic heterocycles. The topological polar surface area (TPSA) is 46.3 Å². The quantitative estimate of drug-likeness (QED) is 0.566. The maximum absolute atomic E-state index is 11.0. The van der Waals surface area contributed by atoms with Crippen LogP contribution >= 0.6 is 22.6 Å². The molecule has 0 radical (unpaired) electrons. The van der Waals surface area contributed by atoms with Gasteiger partial charge in [0, 0.05) is 30.5 Å². The fraction of sp³-hybridized carbons (Fsp3) is 0.875. The highest BCUT2D eigenvalue weighted by molar-refractivity contribution is 14.1. The fourth-order valence-corrected chi connectivity index (χ4v) is 2.60. The van der Waals surface area contributed by atoms with E-state index < -0.39 is 0 Å². The summed E-state index contributed by atoms with van der Waals surface area (Å²) in [6, 6.07) is 0.180. The second-order valence-corrected chi connectivity index (χ2v) is 4.21. The standard InChI is InChI=1S/C8H15IN2O/c1-6(12)11-3-2-7(4-9)8(10)5-11/h7-8H,2-5,10H2,1H3. The zero-order valence-corrected chi connectivity index (χ0v) is 9.45. The maximum atomic E-state index is 11.0. The van der Waals surface area contributed by atoms with Crippen LogP contribution in [0.2, 0.25) is 0 Å². The molecule has 2 N–H and O–H groups in total. The van der Waals surface area contributed by atoms with E-state index in [1.54, 1.807) is 6.92 Å². The molecule has 0 spiro atoms. The van der Waals surface area contributed by atoms with E-state index >= 15 is 0 Å². The molecule has 2 unspecified atom stereocenters. The van der Waals surface area contributed by atoms with Gasteiger partial charge >= 0.3 is 0 Å². The monoisotopic (exact) mass is 282 g/mol. The van der Waals surface area contributed by atoms with E-state index in [0.717, 1.165) is 23.9 Å². The molecule has 12 heavy (non-hydrogen) atoms. The van der Waals surface area contributed by atoms with Crippen molar-refractivity contribution in [2.75, 3.05) is 17.5 Å². The Hall–Kier alpha value is 0.160. The Morgan fingerprint density at radius 3 is 2.83 bits per heavy atom. The predicted octanol–water partition coefficient (Wildman–Crippen LogP) is 0.617. The van der Waals surface area contributed by atoms with Crippen LogP contribution in [0.1, 0.15) is 13.3 Å². The van der Waals surface area contributed by atoms with E-state index in [0.29, 0.717) is 5.92 Å². The lowest BCUT2D eigenvalue weighted by molar-refractivity contribution is -0.130. The Balaban J connectivity index is 2.46. The number of amides is 1. The summed E-state index contributed by atoms with van der Waals surface area (Å²) >= 11 is 2.36. The first-order valence-corrected chi connectivity index (χ1v) is 5.74. The van der Waals surface area contributed by atoms with Crippen molar-refractivity contribution >= 4 is 28.5 Å². The molecule has 1 heterocycles. The summed E-state index contributed by atoms with van der Waals surface area (Å²) in [5.41, 5.74) is 5.92. The number of hydrogen-bond donors (Lipinski definition) is 1. The number of carbonyl (C=O) groups excluding carboxylic acids is 1. The Morgan fingerprint density at radius 1 is 1.75 bits per heavy atom. The normalized spacial score (nSPS) is 30.4. The number of likely N-dealkylation sites (tertiary alicyclic amines) is 1. The molecule has 1 saturated heterocycles. The van der Waals surface area contributed by atoms with Crippen molar-refractivity contribution in [3.63, 3.8) is 0 Å². The van der Waals surface area contributed by atoms with Crippen LogP contribution in [0.15, 0.2) is 0 Å². The van der Waals surface area contributed by atoms with Crippen LogP contribution < -0.4 is 5.73 Å². The van der Waals surface area contributed by atoms with Crippen LogP contribution in [0.5, 0.6) is 0 Å². The average Bonchev–Trinajstić information content (AvgIpc) is 2.04. The van der Waals surface area contributed by atoms with E-state index in [-0.39, 0.29) is 11.9 Å². The van der Waals surface area contributed by atoms with Gasteiger partial charge in [0.25, 0.3) is 0 Å². The first kappa shape index (κ1) is 10.2. The van der Waals surface area contributed by atoms with E-state index in [1.165, 1.54) is 0 Å². The second kappa shape index (κ2) is 4.41. The van der Waals surface area contributed by atoms with Crippen LogP contribution in [-0.2, 0) is 4.79 Å². The molecular formula is C8H15IN2O. The Kier molecular flexibility index (Phi) is 3.77. The Bertz CT molecular complexity index is 174. The average molecular weight is 282 g/mol. The molecule has 70 valence electrons. The lowest BCUT2D eigenvalue weighted by Crippen LogP contribution is -2.50. The van der Waals surface area contributed by atoms with Crippen molar-refractivity contribution in [2.24, 2.45) is 11.7 Å². The molecular weight excluding hydrogens is 267 g/mol. The minimum Gasteiger partial charge on any atom is -0.341 e. The minimum atomic E-state index is 0.150. The van der Waals surface area contributed by atoms with Gasteiger partial charge < -0.3 is 10.6 Å². The van der Waals surface area contributed by atoms with Gasteiger partial charge in [-0.1, -0.05) is 22.6 Å². The van der Waals surface area contributed by atoms with Gasteiger partial charge in [-0.25, -0.2) is 0 Å². The van der Waals surface area contributed by atoms with Crippen molar-refractivity contribution < 1.29 is 4.79 Å². The van der Waals surface area contributed by atoms with E-state index in [1.807, 2.05) is 4.90 Å². The molecule has 0 aromatic heterocycles. The summed E-state index contributed by atoms with van der Waals surface area (Å²) in [6.45, 7) is 3.23. The van der Waals surface area contributed by atoms with E-state index in [4.69, 9.17) is 5.73 Å². The molecule has 0 bridgehead atoms. The number of rotatable bonds is 1. The van der Waals surface area contributed by atoms with Gasteiger partial charge in [0.2, 0.25) is 5.91 Å². The van der Waals surface area contributed by atoms with Crippen LogP contribution in [0.4, 0.5) is 0 Å². The Labute approximate surface area is 86.8 Å². The number of halogens is 1. The highest BCUT2D eigenvalue weighted by atomic mass is 127. The molecule has 0 aromatic rings. The third-order valence-electron chi connectivity index (χ3n) is 2.45. The summed E-state index contributed by atoms with van der Waals surface area (Å²) in [5.74, 6) is 0.749.